The number of nitrogen functional groups attached to an aromatic ring is 1. The number of nitrogens with zero attached hydrogens (tertiary/aromatic N) is 1. The van der Waals surface area contributed by atoms with Crippen LogP contribution in [0.15, 0.2) is 18.2 Å². The topological polar surface area (TPSA) is 72.6 Å². The van der Waals surface area contributed by atoms with Crippen molar-refractivity contribution in [2.75, 3.05) is 26.4 Å². The number of rotatable bonds is 3. The van der Waals surface area contributed by atoms with E-state index in [0.717, 1.165) is 5.56 Å². The quantitative estimate of drug-likeness (QED) is 0.623. The van der Waals surface area contributed by atoms with Crippen molar-refractivity contribution in [1.82, 2.24) is 4.90 Å². The first-order valence-electron chi connectivity index (χ1n) is 5.14. The number of amides is 1. The molecule has 5 heteroatoms. The molecule has 0 aliphatic heterocycles. The summed E-state index contributed by atoms with van der Waals surface area (Å²) in [5.74, 6) is -0.719. The molecule has 1 rings (SSSR count). The summed E-state index contributed by atoms with van der Waals surface area (Å²) in [6.07, 6.45) is 0. The maximum atomic E-state index is 11.9. The number of nitrogens with two attached hydrogens (primary N) is 1. The van der Waals surface area contributed by atoms with Crippen LogP contribution < -0.4 is 5.73 Å². The van der Waals surface area contributed by atoms with E-state index in [1.54, 1.807) is 18.2 Å². The van der Waals surface area contributed by atoms with Crippen LogP contribution >= 0.6 is 0 Å². The second kappa shape index (κ2) is 5.34. The highest BCUT2D eigenvalue weighted by atomic mass is 16.5. The molecule has 5 nitrogen and oxygen atoms in total. The van der Waals surface area contributed by atoms with Gasteiger partial charge in [0.1, 0.15) is 6.54 Å². The van der Waals surface area contributed by atoms with Gasteiger partial charge in [0.05, 0.1) is 7.11 Å². The van der Waals surface area contributed by atoms with Crippen molar-refractivity contribution in [2.24, 2.45) is 0 Å². The van der Waals surface area contributed by atoms with Gasteiger partial charge in [-0.2, -0.15) is 0 Å². The molecule has 0 unspecified atom stereocenters. The van der Waals surface area contributed by atoms with Crippen LogP contribution in [0.4, 0.5) is 5.69 Å². The minimum Gasteiger partial charge on any atom is -0.468 e. The predicted octanol–water partition coefficient (Wildman–Crippen LogP) is 0.822. The predicted molar refractivity (Wildman–Crippen MR) is 64.6 cm³/mol. The molecular formula is C12H16N2O3. The molecule has 1 amide bonds. The SMILES string of the molecule is COC(=O)CN(C)C(=O)c1ccc(C)c(N)c1. The fourth-order valence-electron chi connectivity index (χ4n) is 1.32. The van der Waals surface area contributed by atoms with Gasteiger partial charge in [-0.25, -0.2) is 0 Å². The number of aryl methyl sites for hydroxylation is 1. The Morgan fingerprint density at radius 2 is 2.06 bits per heavy atom. The molecule has 0 bridgehead atoms. The summed E-state index contributed by atoms with van der Waals surface area (Å²) >= 11 is 0. The number of ether oxygens (including phenoxy) is 1. The lowest BCUT2D eigenvalue weighted by Gasteiger charge is -2.16. The molecule has 17 heavy (non-hydrogen) atoms. The van der Waals surface area contributed by atoms with E-state index >= 15 is 0 Å². The van der Waals surface area contributed by atoms with Gasteiger partial charge < -0.3 is 15.4 Å². The summed E-state index contributed by atoms with van der Waals surface area (Å²) in [6, 6.07) is 5.06. The van der Waals surface area contributed by atoms with Gasteiger partial charge in [0.2, 0.25) is 0 Å². The molecule has 1 aromatic rings. The molecule has 0 aromatic heterocycles. The smallest absolute Gasteiger partial charge is 0.325 e. The van der Waals surface area contributed by atoms with Crippen LogP contribution in [0.25, 0.3) is 0 Å². The van der Waals surface area contributed by atoms with Crippen LogP contribution in [0.5, 0.6) is 0 Å². The van der Waals surface area contributed by atoms with Crippen LogP contribution in [0, 0.1) is 6.92 Å². The normalized spacial score (nSPS) is 9.82. The third-order valence-corrected chi connectivity index (χ3v) is 2.47. The van der Waals surface area contributed by atoms with Crippen molar-refractivity contribution < 1.29 is 14.3 Å². The summed E-state index contributed by atoms with van der Waals surface area (Å²) in [7, 11) is 2.82. The van der Waals surface area contributed by atoms with Crippen LogP contribution in [-0.4, -0.2) is 37.5 Å². The summed E-state index contributed by atoms with van der Waals surface area (Å²) in [6.45, 7) is 1.78. The molecule has 0 spiro atoms. The zero-order valence-electron chi connectivity index (χ0n) is 10.2. The highest BCUT2D eigenvalue weighted by Crippen LogP contribution is 2.14. The number of esters is 1. The molecule has 0 aliphatic carbocycles. The van der Waals surface area contributed by atoms with E-state index in [2.05, 4.69) is 4.74 Å². The average Bonchev–Trinajstić information content (AvgIpc) is 2.31. The van der Waals surface area contributed by atoms with Crippen LogP contribution in [0.1, 0.15) is 15.9 Å². The van der Waals surface area contributed by atoms with Gasteiger partial charge in [0, 0.05) is 18.3 Å². The van der Waals surface area contributed by atoms with Crippen molar-refractivity contribution in [3.05, 3.63) is 29.3 Å². The summed E-state index contributed by atoms with van der Waals surface area (Å²) < 4.78 is 4.49. The van der Waals surface area contributed by atoms with Gasteiger partial charge in [0.25, 0.3) is 5.91 Å². The minimum atomic E-state index is -0.457. The first-order valence-corrected chi connectivity index (χ1v) is 5.14. The number of likely N-dealkylation sites (N-methyl/N-ethyl adjacent to an activating group) is 1. The van der Waals surface area contributed by atoms with E-state index in [9.17, 15) is 9.59 Å². The Morgan fingerprint density at radius 3 is 2.59 bits per heavy atom. The van der Waals surface area contributed by atoms with Gasteiger partial charge in [-0.15, -0.1) is 0 Å². The molecule has 1 aromatic carbocycles. The number of benzene rings is 1. The first kappa shape index (κ1) is 13.0. The molecular weight excluding hydrogens is 220 g/mol. The lowest BCUT2D eigenvalue weighted by molar-refractivity contribution is -0.141. The molecule has 0 atom stereocenters. The number of carbonyl (C=O) groups excluding carboxylic acids is 2. The van der Waals surface area contributed by atoms with Gasteiger partial charge in [0.15, 0.2) is 0 Å². The van der Waals surface area contributed by atoms with Crippen molar-refractivity contribution in [2.45, 2.75) is 6.92 Å². The number of hydrogen-bond acceptors (Lipinski definition) is 4. The molecule has 2 N–H and O–H groups in total. The molecule has 92 valence electrons. The monoisotopic (exact) mass is 236 g/mol. The maximum Gasteiger partial charge on any atom is 0.325 e. The van der Waals surface area contributed by atoms with Crippen LogP contribution in [0.2, 0.25) is 0 Å². The second-order valence-corrected chi connectivity index (χ2v) is 3.81. The molecule has 0 fully saturated rings. The lowest BCUT2D eigenvalue weighted by atomic mass is 10.1. The second-order valence-electron chi connectivity index (χ2n) is 3.81. The highest BCUT2D eigenvalue weighted by molar-refractivity contribution is 5.96. The van der Waals surface area contributed by atoms with E-state index in [1.807, 2.05) is 6.92 Å². The Labute approximate surface area is 100 Å². The number of hydrogen-bond donors (Lipinski definition) is 1. The number of carbonyl (C=O) groups is 2. The standard InChI is InChI=1S/C12H16N2O3/c1-8-4-5-9(6-10(8)13)12(16)14(2)7-11(15)17-3/h4-6H,7,13H2,1-3H3. The fourth-order valence-corrected chi connectivity index (χ4v) is 1.32. The van der Waals surface area contributed by atoms with Gasteiger partial charge >= 0.3 is 5.97 Å². The Morgan fingerprint density at radius 1 is 1.41 bits per heavy atom. The Balaban J connectivity index is 2.81. The summed E-state index contributed by atoms with van der Waals surface area (Å²) in [4.78, 5) is 24.2. The van der Waals surface area contributed by atoms with Gasteiger partial charge in [-0.1, -0.05) is 6.07 Å². The third-order valence-electron chi connectivity index (χ3n) is 2.47. The zero-order chi connectivity index (χ0) is 13.0. The number of anilines is 1. The minimum absolute atomic E-state index is 0.0802. The maximum absolute atomic E-state index is 11.9. The molecule has 0 radical (unpaired) electrons. The summed E-state index contributed by atoms with van der Waals surface area (Å²) in [5.41, 5.74) is 7.65. The Bertz CT molecular complexity index is 443. The van der Waals surface area contributed by atoms with Crippen LogP contribution in [0.3, 0.4) is 0 Å². The van der Waals surface area contributed by atoms with E-state index in [4.69, 9.17) is 5.73 Å². The molecule has 0 heterocycles. The first-order chi connectivity index (χ1) is 7.95. The molecule has 0 saturated heterocycles. The zero-order valence-corrected chi connectivity index (χ0v) is 10.2. The van der Waals surface area contributed by atoms with E-state index in [1.165, 1.54) is 19.1 Å². The van der Waals surface area contributed by atoms with Crippen molar-refractivity contribution in [3.8, 4) is 0 Å². The highest BCUT2D eigenvalue weighted by Gasteiger charge is 2.15. The van der Waals surface area contributed by atoms with E-state index in [0.29, 0.717) is 11.3 Å². The Kier molecular flexibility index (Phi) is 4.09. The molecule has 0 saturated carbocycles. The van der Waals surface area contributed by atoms with Crippen molar-refractivity contribution in [1.29, 1.82) is 0 Å². The fraction of sp³-hybridized carbons (Fsp3) is 0.333. The van der Waals surface area contributed by atoms with Crippen LogP contribution in [-0.2, 0) is 9.53 Å². The van der Waals surface area contributed by atoms with E-state index in [-0.39, 0.29) is 12.5 Å². The van der Waals surface area contributed by atoms with Crippen molar-refractivity contribution >= 4 is 17.6 Å². The lowest BCUT2D eigenvalue weighted by Crippen LogP contribution is -2.32. The third kappa shape index (κ3) is 3.21. The Hall–Kier alpha value is -2.04. The molecule has 0 aliphatic rings. The average molecular weight is 236 g/mol. The largest absolute Gasteiger partial charge is 0.468 e. The van der Waals surface area contributed by atoms with Gasteiger partial charge in [-0.3, -0.25) is 9.59 Å². The van der Waals surface area contributed by atoms with Gasteiger partial charge in [-0.05, 0) is 24.6 Å². The van der Waals surface area contributed by atoms with Crippen molar-refractivity contribution in [3.63, 3.8) is 0 Å². The number of methoxy groups -OCH3 is 1. The summed E-state index contributed by atoms with van der Waals surface area (Å²) in [5, 5.41) is 0. The van der Waals surface area contributed by atoms with E-state index < -0.39 is 5.97 Å².